The highest BCUT2D eigenvalue weighted by Gasteiger charge is 2.22. The molecule has 1 amide bonds. The van der Waals surface area contributed by atoms with Crippen molar-refractivity contribution < 1.29 is 4.79 Å². The number of carbonyl (C=O) groups excluding carboxylic acids is 1. The van der Waals surface area contributed by atoms with Gasteiger partial charge in [0, 0.05) is 6.54 Å². The van der Waals surface area contributed by atoms with Crippen LogP contribution in [0.25, 0.3) is 0 Å². The van der Waals surface area contributed by atoms with Crippen molar-refractivity contribution in [1.82, 2.24) is 10.2 Å². The largest absolute Gasteiger partial charge is 0.354 e. The van der Waals surface area contributed by atoms with Crippen molar-refractivity contribution in [3.63, 3.8) is 0 Å². The first-order valence-corrected chi connectivity index (χ1v) is 9.33. The molecule has 2 aromatic carbocycles. The average molecular weight is 336 g/mol. The first kappa shape index (κ1) is 17.7. The first-order chi connectivity index (χ1) is 12.2. The molecule has 3 heteroatoms. The zero-order valence-corrected chi connectivity index (χ0v) is 15.1. The SMILES string of the molecule is Cc1ccc([C@H](CNC(=O)Cc2ccccc2)N2CCCCC2)cc1. The topological polar surface area (TPSA) is 32.3 Å². The van der Waals surface area contributed by atoms with Gasteiger partial charge in [0.05, 0.1) is 12.5 Å². The summed E-state index contributed by atoms with van der Waals surface area (Å²) < 4.78 is 0. The van der Waals surface area contributed by atoms with E-state index < -0.39 is 0 Å². The Hall–Kier alpha value is -2.13. The van der Waals surface area contributed by atoms with E-state index in [2.05, 4.69) is 41.4 Å². The third kappa shape index (κ3) is 5.17. The zero-order valence-electron chi connectivity index (χ0n) is 15.1. The number of amides is 1. The van der Waals surface area contributed by atoms with Gasteiger partial charge in [0.25, 0.3) is 0 Å². The molecule has 0 radical (unpaired) electrons. The molecule has 3 nitrogen and oxygen atoms in total. The summed E-state index contributed by atoms with van der Waals surface area (Å²) in [4.78, 5) is 14.9. The Labute approximate surface area is 151 Å². The monoisotopic (exact) mass is 336 g/mol. The zero-order chi connectivity index (χ0) is 17.5. The molecule has 0 saturated carbocycles. The summed E-state index contributed by atoms with van der Waals surface area (Å²) in [7, 11) is 0. The number of nitrogens with one attached hydrogen (secondary N) is 1. The molecule has 0 unspecified atom stereocenters. The fraction of sp³-hybridized carbons (Fsp3) is 0.409. The molecular weight excluding hydrogens is 308 g/mol. The minimum Gasteiger partial charge on any atom is -0.354 e. The van der Waals surface area contributed by atoms with Crippen LogP contribution in [0.3, 0.4) is 0 Å². The molecule has 0 spiro atoms. The van der Waals surface area contributed by atoms with E-state index in [1.54, 1.807) is 0 Å². The van der Waals surface area contributed by atoms with Gasteiger partial charge in [-0.1, -0.05) is 66.6 Å². The van der Waals surface area contributed by atoms with Gasteiger partial charge < -0.3 is 5.32 Å². The molecule has 3 rings (SSSR count). The van der Waals surface area contributed by atoms with E-state index in [9.17, 15) is 4.79 Å². The van der Waals surface area contributed by atoms with Crippen LogP contribution >= 0.6 is 0 Å². The molecule has 0 aromatic heterocycles. The van der Waals surface area contributed by atoms with Gasteiger partial charge in [-0.2, -0.15) is 0 Å². The number of hydrogen-bond donors (Lipinski definition) is 1. The Balaban J connectivity index is 1.64. The van der Waals surface area contributed by atoms with Crippen molar-refractivity contribution in [3.8, 4) is 0 Å². The Morgan fingerprint density at radius 2 is 1.68 bits per heavy atom. The highest BCUT2D eigenvalue weighted by molar-refractivity contribution is 5.78. The van der Waals surface area contributed by atoms with Crippen LogP contribution in [0.15, 0.2) is 54.6 Å². The van der Waals surface area contributed by atoms with Gasteiger partial charge in [-0.15, -0.1) is 0 Å². The Bertz CT molecular complexity index is 660. The normalized spacial score (nSPS) is 16.4. The summed E-state index contributed by atoms with van der Waals surface area (Å²) in [5.41, 5.74) is 3.63. The van der Waals surface area contributed by atoms with Crippen molar-refractivity contribution in [1.29, 1.82) is 0 Å². The fourth-order valence-electron chi connectivity index (χ4n) is 3.53. The van der Waals surface area contributed by atoms with Crippen molar-refractivity contribution in [3.05, 3.63) is 71.3 Å². The number of benzene rings is 2. The van der Waals surface area contributed by atoms with Crippen LogP contribution in [-0.4, -0.2) is 30.4 Å². The summed E-state index contributed by atoms with van der Waals surface area (Å²) >= 11 is 0. The standard InChI is InChI=1S/C22H28N2O/c1-18-10-12-20(13-11-18)21(24-14-6-3-7-15-24)17-23-22(25)16-19-8-4-2-5-9-19/h2,4-5,8-13,21H,3,6-7,14-17H2,1H3,(H,23,25)/t21-/m0/s1. The number of piperidine rings is 1. The van der Waals surface area contributed by atoms with Gasteiger partial charge in [-0.3, -0.25) is 9.69 Å². The third-order valence-corrected chi connectivity index (χ3v) is 4.99. The van der Waals surface area contributed by atoms with Crippen molar-refractivity contribution in [2.75, 3.05) is 19.6 Å². The van der Waals surface area contributed by atoms with E-state index in [-0.39, 0.29) is 11.9 Å². The van der Waals surface area contributed by atoms with Gasteiger partial charge in [0.1, 0.15) is 0 Å². The van der Waals surface area contributed by atoms with Crippen molar-refractivity contribution >= 4 is 5.91 Å². The molecule has 25 heavy (non-hydrogen) atoms. The van der Waals surface area contributed by atoms with Crippen LogP contribution in [0, 0.1) is 6.92 Å². The lowest BCUT2D eigenvalue weighted by Crippen LogP contribution is -2.41. The molecule has 2 aromatic rings. The summed E-state index contributed by atoms with van der Waals surface area (Å²) in [6.45, 7) is 5.02. The smallest absolute Gasteiger partial charge is 0.224 e. The summed E-state index contributed by atoms with van der Waals surface area (Å²) in [5.74, 6) is 0.0975. The van der Waals surface area contributed by atoms with E-state index in [1.165, 1.54) is 30.4 Å². The minimum atomic E-state index is 0.0975. The molecule has 1 aliphatic rings. The number of rotatable bonds is 6. The molecule has 0 bridgehead atoms. The van der Waals surface area contributed by atoms with Gasteiger partial charge in [-0.25, -0.2) is 0 Å². The molecule has 1 heterocycles. The fourth-order valence-corrected chi connectivity index (χ4v) is 3.53. The molecule has 1 N–H and O–H groups in total. The second-order valence-corrected chi connectivity index (χ2v) is 6.99. The van der Waals surface area contributed by atoms with Crippen LogP contribution in [0.2, 0.25) is 0 Å². The number of nitrogens with zero attached hydrogens (tertiary/aromatic N) is 1. The predicted molar refractivity (Wildman–Crippen MR) is 102 cm³/mol. The third-order valence-electron chi connectivity index (χ3n) is 4.99. The Kier molecular flexibility index (Phi) is 6.24. The van der Waals surface area contributed by atoms with Crippen LogP contribution in [0.5, 0.6) is 0 Å². The van der Waals surface area contributed by atoms with E-state index >= 15 is 0 Å². The maximum atomic E-state index is 12.4. The molecule has 132 valence electrons. The molecule has 0 aliphatic carbocycles. The second-order valence-electron chi connectivity index (χ2n) is 6.99. The van der Waals surface area contributed by atoms with E-state index in [4.69, 9.17) is 0 Å². The van der Waals surface area contributed by atoms with Crippen molar-refractivity contribution in [2.24, 2.45) is 0 Å². The summed E-state index contributed by atoms with van der Waals surface area (Å²) in [6, 6.07) is 18.9. The van der Waals surface area contributed by atoms with E-state index in [1.807, 2.05) is 30.3 Å². The lowest BCUT2D eigenvalue weighted by molar-refractivity contribution is -0.120. The van der Waals surface area contributed by atoms with Crippen LogP contribution in [0.4, 0.5) is 0 Å². The number of hydrogen-bond acceptors (Lipinski definition) is 2. The predicted octanol–water partition coefficient (Wildman–Crippen LogP) is 3.88. The molecule has 1 saturated heterocycles. The molecular formula is C22H28N2O. The highest BCUT2D eigenvalue weighted by atomic mass is 16.1. The molecule has 1 aliphatic heterocycles. The maximum absolute atomic E-state index is 12.4. The van der Waals surface area contributed by atoms with Crippen LogP contribution < -0.4 is 5.32 Å². The number of aryl methyl sites for hydroxylation is 1. The van der Waals surface area contributed by atoms with Crippen LogP contribution in [0.1, 0.15) is 42.0 Å². The average Bonchev–Trinajstić information content (AvgIpc) is 2.65. The molecule has 1 fully saturated rings. The summed E-state index contributed by atoms with van der Waals surface area (Å²) in [5, 5.41) is 3.16. The summed E-state index contributed by atoms with van der Waals surface area (Å²) in [6.07, 6.45) is 4.26. The lowest BCUT2D eigenvalue weighted by Gasteiger charge is -2.35. The van der Waals surface area contributed by atoms with Gasteiger partial charge in [0.15, 0.2) is 0 Å². The Morgan fingerprint density at radius 3 is 2.36 bits per heavy atom. The quantitative estimate of drug-likeness (QED) is 0.868. The number of likely N-dealkylation sites (tertiary alicyclic amines) is 1. The number of carbonyl (C=O) groups is 1. The molecule has 1 atom stereocenters. The van der Waals surface area contributed by atoms with Crippen LogP contribution in [-0.2, 0) is 11.2 Å². The lowest BCUT2D eigenvalue weighted by atomic mass is 10.0. The maximum Gasteiger partial charge on any atom is 0.224 e. The van der Waals surface area contributed by atoms with E-state index in [0.717, 1.165) is 18.7 Å². The first-order valence-electron chi connectivity index (χ1n) is 9.33. The second kappa shape index (κ2) is 8.82. The van der Waals surface area contributed by atoms with Crippen molar-refractivity contribution in [2.45, 2.75) is 38.6 Å². The van der Waals surface area contributed by atoms with E-state index in [0.29, 0.717) is 13.0 Å². The minimum absolute atomic E-state index is 0.0975. The van der Waals surface area contributed by atoms with Gasteiger partial charge in [-0.05, 0) is 44.0 Å². The van der Waals surface area contributed by atoms with Gasteiger partial charge in [0.2, 0.25) is 5.91 Å². The highest BCUT2D eigenvalue weighted by Crippen LogP contribution is 2.24. The van der Waals surface area contributed by atoms with Gasteiger partial charge >= 0.3 is 0 Å². The Morgan fingerprint density at radius 1 is 1.00 bits per heavy atom.